The molecule has 0 spiro atoms. The quantitative estimate of drug-likeness (QED) is 0.856. The van der Waals surface area contributed by atoms with Gasteiger partial charge >= 0.3 is 0 Å². The van der Waals surface area contributed by atoms with Crippen LogP contribution in [0.3, 0.4) is 0 Å². The molecule has 0 radical (unpaired) electrons. The average Bonchev–Trinajstić information content (AvgIpc) is 2.92. The minimum absolute atomic E-state index is 0.00403. The third kappa shape index (κ3) is 3.03. The molecule has 0 aliphatic carbocycles. The maximum atomic E-state index is 12.6. The number of rotatable bonds is 4. The van der Waals surface area contributed by atoms with Gasteiger partial charge in [0.15, 0.2) is 0 Å². The summed E-state index contributed by atoms with van der Waals surface area (Å²) in [5, 5.41) is 0. The fraction of sp³-hybridized carbons (Fsp3) is 0.611. The van der Waals surface area contributed by atoms with Gasteiger partial charge in [-0.05, 0) is 25.3 Å². The Hall–Kier alpha value is -1.39. The summed E-state index contributed by atoms with van der Waals surface area (Å²) in [6.07, 6.45) is 2.63. The van der Waals surface area contributed by atoms with Gasteiger partial charge in [-0.15, -0.1) is 0 Å². The second-order valence-electron chi connectivity index (χ2n) is 6.67. The molecule has 1 aromatic carbocycles. The first-order valence-corrected chi connectivity index (χ1v) is 8.07. The lowest BCUT2D eigenvalue weighted by Crippen LogP contribution is -2.53. The van der Waals surface area contributed by atoms with E-state index in [2.05, 4.69) is 19.1 Å². The number of benzene rings is 1. The number of fused-ring (bicyclic) bond motifs is 1. The first kappa shape index (κ1) is 15.5. The standard InChI is InChI=1S/C18H25NO3/c1-14-3-5-15(6-4-14)11-17(20)19-9-7-16-18(12-19,13-21-2)8-10-22-16/h3-6,16H,7-13H2,1-2H3/t16-,18+/m1/s1. The van der Waals surface area contributed by atoms with E-state index in [4.69, 9.17) is 9.47 Å². The highest BCUT2D eigenvalue weighted by atomic mass is 16.5. The van der Waals surface area contributed by atoms with Gasteiger partial charge in [0.1, 0.15) is 0 Å². The van der Waals surface area contributed by atoms with Crippen molar-refractivity contribution in [3.63, 3.8) is 0 Å². The van der Waals surface area contributed by atoms with Crippen LogP contribution >= 0.6 is 0 Å². The van der Waals surface area contributed by atoms with Crippen molar-refractivity contribution in [2.24, 2.45) is 5.41 Å². The minimum atomic E-state index is -0.00403. The number of likely N-dealkylation sites (tertiary alicyclic amines) is 1. The summed E-state index contributed by atoms with van der Waals surface area (Å²) in [5.41, 5.74) is 2.30. The van der Waals surface area contributed by atoms with E-state index in [1.54, 1.807) is 7.11 Å². The molecule has 0 N–H and O–H groups in total. The third-order valence-electron chi connectivity index (χ3n) is 5.03. The van der Waals surface area contributed by atoms with Gasteiger partial charge in [0.05, 0.1) is 19.1 Å². The van der Waals surface area contributed by atoms with Gasteiger partial charge in [0.25, 0.3) is 0 Å². The molecule has 2 heterocycles. The second-order valence-corrected chi connectivity index (χ2v) is 6.67. The normalized spacial score (nSPS) is 27.7. The van der Waals surface area contributed by atoms with Gasteiger partial charge in [-0.1, -0.05) is 29.8 Å². The van der Waals surface area contributed by atoms with Gasteiger partial charge in [0.2, 0.25) is 5.91 Å². The maximum Gasteiger partial charge on any atom is 0.227 e. The van der Waals surface area contributed by atoms with E-state index < -0.39 is 0 Å². The van der Waals surface area contributed by atoms with Crippen LogP contribution in [0, 0.1) is 12.3 Å². The van der Waals surface area contributed by atoms with Gasteiger partial charge in [-0.2, -0.15) is 0 Å². The largest absolute Gasteiger partial charge is 0.384 e. The molecule has 1 amide bonds. The van der Waals surface area contributed by atoms with Crippen LogP contribution in [0.25, 0.3) is 0 Å². The van der Waals surface area contributed by atoms with E-state index in [9.17, 15) is 4.79 Å². The number of amides is 1. The Labute approximate surface area is 132 Å². The van der Waals surface area contributed by atoms with Crippen molar-refractivity contribution in [3.05, 3.63) is 35.4 Å². The molecule has 1 aromatic rings. The minimum Gasteiger partial charge on any atom is -0.384 e. The fourth-order valence-electron chi connectivity index (χ4n) is 3.75. The molecule has 22 heavy (non-hydrogen) atoms. The van der Waals surface area contributed by atoms with E-state index in [1.165, 1.54) is 5.56 Å². The van der Waals surface area contributed by atoms with Gasteiger partial charge in [0, 0.05) is 32.2 Å². The second kappa shape index (κ2) is 6.39. The SMILES string of the molecule is COC[C@@]12CCO[C@@H]1CCN(C(=O)Cc1ccc(C)cc1)C2. The van der Waals surface area contributed by atoms with Gasteiger partial charge in [-0.25, -0.2) is 0 Å². The summed E-state index contributed by atoms with van der Waals surface area (Å²) in [6, 6.07) is 8.21. The molecular formula is C18H25NO3. The third-order valence-corrected chi connectivity index (χ3v) is 5.03. The Kier molecular flexibility index (Phi) is 4.50. The number of nitrogens with zero attached hydrogens (tertiary/aromatic N) is 1. The predicted molar refractivity (Wildman–Crippen MR) is 84.7 cm³/mol. The van der Waals surface area contributed by atoms with Crippen LogP contribution < -0.4 is 0 Å². The lowest BCUT2D eigenvalue weighted by atomic mass is 9.77. The number of carbonyl (C=O) groups is 1. The average molecular weight is 303 g/mol. The van der Waals surface area contributed by atoms with Crippen LogP contribution in [0.4, 0.5) is 0 Å². The Bertz CT molecular complexity index is 528. The molecule has 0 unspecified atom stereocenters. The number of carbonyl (C=O) groups excluding carboxylic acids is 1. The summed E-state index contributed by atoms with van der Waals surface area (Å²) >= 11 is 0. The van der Waals surface area contributed by atoms with E-state index in [-0.39, 0.29) is 17.4 Å². The first-order valence-electron chi connectivity index (χ1n) is 8.07. The smallest absolute Gasteiger partial charge is 0.227 e. The molecule has 4 heteroatoms. The lowest BCUT2D eigenvalue weighted by Gasteiger charge is -2.43. The number of aryl methyl sites for hydroxylation is 1. The summed E-state index contributed by atoms with van der Waals surface area (Å²) in [5.74, 6) is 0.213. The van der Waals surface area contributed by atoms with Crippen LogP contribution in [0.15, 0.2) is 24.3 Å². The van der Waals surface area contributed by atoms with Crippen molar-refractivity contribution < 1.29 is 14.3 Å². The highest BCUT2D eigenvalue weighted by molar-refractivity contribution is 5.79. The molecule has 0 aromatic heterocycles. The number of hydrogen-bond donors (Lipinski definition) is 0. The molecule has 2 aliphatic rings. The molecule has 120 valence electrons. The molecular weight excluding hydrogens is 278 g/mol. The molecule has 2 atom stereocenters. The van der Waals surface area contributed by atoms with E-state index in [0.29, 0.717) is 13.0 Å². The first-order chi connectivity index (χ1) is 10.6. The Balaban J connectivity index is 1.67. The van der Waals surface area contributed by atoms with Crippen LogP contribution in [-0.2, 0) is 20.7 Å². The zero-order valence-electron chi connectivity index (χ0n) is 13.5. The highest BCUT2D eigenvalue weighted by Crippen LogP contribution is 2.41. The highest BCUT2D eigenvalue weighted by Gasteiger charge is 2.48. The van der Waals surface area contributed by atoms with E-state index in [1.807, 2.05) is 17.0 Å². The zero-order valence-corrected chi connectivity index (χ0v) is 13.5. The van der Waals surface area contributed by atoms with Crippen LogP contribution in [0.5, 0.6) is 0 Å². The molecule has 2 fully saturated rings. The van der Waals surface area contributed by atoms with Crippen LogP contribution in [0.2, 0.25) is 0 Å². The van der Waals surface area contributed by atoms with Crippen molar-refractivity contribution in [1.82, 2.24) is 4.90 Å². The fourth-order valence-corrected chi connectivity index (χ4v) is 3.75. The van der Waals surface area contributed by atoms with Crippen molar-refractivity contribution in [3.8, 4) is 0 Å². The topological polar surface area (TPSA) is 38.8 Å². The maximum absolute atomic E-state index is 12.6. The predicted octanol–water partition coefficient (Wildman–Crippen LogP) is 2.19. The Morgan fingerprint density at radius 2 is 2.18 bits per heavy atom. The van der Waals surface area contributed by atoms with E-state index in [0.717, 1.165) is 38.1 Å². The van der Waals surface area contributed by atoms with Crippen molar-refractivity contribution in [2.75, 3.05) is 33.4 Å². The monoisotopic (exact) mass is 303 g/mol. The number of ether oxygens (including phenoxy) is 2. The summed E-state index contributed by atoms with van der Waals surface area (Å²) < 4.78 is 11.3. The summed E-state index contributed by atoms with van der Waals surface area (Å²) in [6.45, 7) is 5.07. The van der Waals surface area contributed by atoms with Crippen LogP contribution in [-0.4, -0.2) is 50.3 Å². The van der Waals surface area contributed by atoms with Crippen molar-refractivity contribution in [2.45, 2.75) is 32.3 Å². The summed E-state index contributed by atoms with van der Waals surface area (Å²) in [7, 11) is 1.73. The molecule has 4 nitrogen and oxygen atoms in total. The van der Waals surface area contributed by atoms with Gasteiger partial charge in [-0.3, -0.25) is 4.79 Å². The Morgan fingerprint density at radius 3 is 2.91 bits per heavy atom. The molecule has 2 aliphatic heterocycles. The number of methoxy groups -OCH3 is 1. The van der Waals surface area contributed by atoms with E-state index >= 15 is 0 Å². The molecule has 0 bridgehead atoms. The lowest BCUT2D eigenvalue weighted by molar-refractivity contribution is -0.138. The van der Waals surface area contributed by atoms with Crippen LogP contribution in [0.1, 0.15) is 24.0 Å². The number of hydrogen-bond acceptors (Lipinski definition) is 3. The van der Waals surface area contributed by atoms with Crippen molar-refractivity contribution in [1.29, 1.82) is 0 Å². The molecule has 2 saturated heterocycles. The van der Waals surface area contributed by atoms with Crippen molar-refractivity contribution >= 4 is 5.91 Å². The number of piperidine rings is 1. The summed E-state index contributed by atoms with van der Waals surface area (Å²) in [4.78, 5) is 14.6. The molecule has 3 rings (SSSR count). The van der Waals surface area contributed by atoms with Gasteiger partial charge < -0.3 is 14.4 Å². The Morgan fingerprint density at radius 1 is 1.41 bits per heavy atom. The molecule has 0 saturated carbocycles. The zero-order chi connectivity index (χ0) is 15.6.